The quantitative estimate of drug-likeness (QED) is 0.914. The lowest BCUT2D eigenvalue weighted by Gasteiger charge is -2.26. The number of hydrogen-bond donors (Lipinski definition) is 1. The second-order valence-electron chi connectivity index (χ2n) is 4.87. The van der Waals surface area contributed by atoms with E-state index < -0.39 is 17.6 Å². The van der Waals surface area contributed by atoms with Gasteiger partial charge in [0, 0.05) is 0 Å². The summed E-state index contributed by atoms with van der Waals surface area (Å²) in [6, 6.07) is 3.69. The standard InChI is InChI=1S/C14H16F2O3/c15-12-6-1-9(7-13(12)16)8-19-11-4-2-10(3-5-11)14(17)18/h1,6-7,10-11H,2-5,8H2,(H,17,18)/t10-,11-. The van der Waals surface area contributed by atoms with Crippen LogP contribution in [0.2, 0.25) is 0 Å². The fourth-order valence-corrected chi connectivity index (χ4v) is 2.32. The van der Waals surface area contributed by atoms with Crippen LogP contribution in [0.25, 0.3) is 0 Å². The van der Waals surface area contributed by atoms with Crippen LogP contribution < -0.4 is 0 Å². The lowest BCUT2D eigenvalue weighted by molar-refractivity contribution is -0.143. The van der Waals surface area contributed by atoms with Crippen molar-refractivity contribution in [1.82, 2.24) is 0 Å². The predicted molar refractivity (Wildman–Crippen MR) is 64.5 cm³/mol. The number of aliphatic carboxylic acids is 1. The highest BCUT2D eigenvalue weighted by molar-refractivity contribution is 5.70. The zero-order chi connectivity index (χ0) is 13.8. The minimum Gasteiger partial charge on any atom is -0.481 e. The summed E-state index contributed by atoms with van der Waals surface area (Å²) >= 11 is 0. The van der Waals surface area contributed by atoms with E-state index in [4.69, 9.17) is 9.84 Å². The van der Waals surface area contributed by atoms with Gasteiger partial charge in [-0.15, -0.1) is 0 Å². The van der Waals surface area contributed by atoms with Crippen LogP contribution in [-0.2, 0) is 16.1 Å². The average Bonchev–Trinajstić information content (AvgIpc) is 2.40. The van der Waals surface area contributed by atoms with Gasteiger partial charge in [-0.25, -0.2) is 8.78 Å². The van der Waals surface area contributed by atoms with Crippen LogP contribution in [0.1, 0.15) is 31.2 Å². The Labute approximate surface area is 110 Å². The highest BCUT2D eigenvalue weighted by Gasteiger charge is 2.26. The van der Waals surface area contributed by atoms with Crippen molar-refractivity contribution >= 4 is 5.97 Å². The lowest BCUT2D eigenvalue weighted by atomic mass is 9.87. The summed E-state index contributed by atoms with van der Waals surface area (Å²) in [5.74, 6) is -2.77. The third-order valence-corrected chi connectivity index (χ3v) is 3.49. The summed E-state index contributed by atoms with van der Waals surface area (Å²) in [6.45, 7) is 0.222. The van der Waals surface area contributed by atoms with E-state index in [0.29, 0.717) is 31.2 Å². The first-order valence-electron chi connectivity index (χ1n) is 6.34. The van der Waals surface area contributed by atoms with E-state index in [1.807, 2.05) is 0 Å². The Morgan fingerprint density at radius 1 is 1.21 bits per heavy atom. The molecule has 0 atom stereocenters. The van der Waals surface area contributed by atoms with E-state index in [2.05, 4.69) is 0 Å². The summed E-state index contributed by atoms with van der Waals surface area (Å²) < 4.78 is 31.3. The third-order valence-electron chi connectivity index (χ3n) is 3.49. The molecule has 0 heterocycles. The molecule has 0 bridgehead atoms. The molecular formula is C14H16F2O3. The summed E-state index contributed by atoms with van der Waals surface area (Å²) in [6.07, 6.45) is 2.61. The molecule has 1 saturated carbocycles. The Balaban J connectivity index is 1.80. The normalized spacial score (nSPS) is 23.3. The summed E-state index contributed by atoms with van der Waals surface area (Å²) in [5.41, 5.74) is 0.583. The predicted octanol–water partition coefficient (Wildman–Crippen LogP) is 3.12. The van der Waals surface area contributed by atoms with Crippen LogP contribution in [0.5, 0.6) is 0 Å². The van der Waals surface area contributed by atoms with Gasteiger partial charge in [0.05, 0.1) is 18.6 Å². The van der Waals surface area contributed by atoms with Gasteiger partial charge < -0.3 is 9.84 Å². The molecule has 1 aromatic rings. The van der Waals surface area contributed by atoms with Crippen molar-refractivity contribution in [1.29, 1.82) is 0 Å². The van der Waals surface area contributed by atoms with E-state index in [9.17, 15) is 13.6 Å². The zero-order valence-electron chi connectivity index (χ0n) is 10.4. The fourth-order valence-electron chi connectivity index (χ4n) is 2.32. The van der Waals surface area contributed by atoms with E-state index >= 15 is 0 Å². The molecule has 0 saturated heterocycles. The van der Waals surface area contributed by atoms with Crippen LogP contribution in [0.15, 0.2) is 18.2 Å². The Bertz CT molecular complexity index is 454. The SMILES string of the molecule is O=C(O)[C@H]1CC[C@H](OCc2ccc(F)c(F)c2)CC1. The second kappa shape index (κ2) is 6.10. The smallest absolute Gasteiger partial charge is 0.306 e. The monoisotopic (exact) mass is 270 g/mol. The minimum absolute atomic E-state index is 0.00344. The number of benzene rings is 1. The second-order valence-corrected chi connectivity index (χ2v) is 4.87. The first kappa shape index (κ1) is 13.9. The molecule has 5 heteroatoms. The van der Waals surface area contributed by atoms with E-state index in [0.717, 1.165) is 12.1 Å². The van der Waals surface area contributed by atoms with Gasteiger partial charge in [0.25, 0.3) is 0 Å². The van der Waals surface area contributed by atoms with E-state index in [1.54, 1.807) is 0 Å². The van der Waals surface area contributed by atoms with Gasteiger partial charge in [-0.05, 0) is 43.4 Å². The number of hydrogen-bond acceptors (Lipinski definition) is 2. The Kier molecular flexibility index (Phi) is 4.47. The van der Waals surface area contributed by atoms with Crippen molar-refractivity contribution in [3.05, 3.63) is 35.4 Å². The highest BCUT2D eigenvalue weighted by atomic mass is 19.2. The lowest BCUT2D eigenvalue weighted by Crippen LogP contribution is -2.25. The number of halogens is 2. The topological polar surface area (TPSA) is 46.5 Å². The molecule has 1 fully saturated rings. The van der Waals surface area contributed by atoms with Crippen LogP contribution in [0, 0.1) is 17.6 Å². The molecule has 1 N–H and O–H groups in total. The molecule has 3 nitrogen and oxygen atoms in total. The minimum atomic E-state index is -0.879. The number of carboxylic acid groups (broad SMARTS) is 1. The van der Waals surface area contributed by atoms with Crippen molar-refractivity contribution in [3.63, 3.8) is 0 Å². The molecule has 0 unspecified atom stereocenters. The average molecular weight is 270 g/mol. The number of carboxylic acids is 1. The molecule has 19 heavy (non-hydrogen) atoms. The first-order valence-corrected chi connectivity index (χ1v) is 6.34. The zero-order valence-corrected chi connectivity index (χ0v) is 10.4. The van der Waals surface area contributed by atoms with Crippen LogP contribution in [-0.4, -0.2) is 17.2 Å². The molecule has 1 aliphatic rings. The van der Waals surface area contributed by atoms with Crippen molar-refractivity contribution in [2.24, 2.45) is 5.92 Å². The van der Waals surface area contributed by atoms with Gasteiger partial charge in [-0.3, -0.25) is 4.79 Å². The summed E-state index contributed by atoms with van der Waals surface area (Å²) in [5, 5.41) is 8.87. The Morgan fingerprint density at radius 2 is 1.89 bits per heavy atom. The maximum absolute atomic E-state index is 13.0. The fraction of sp³-hybridized carbons (Fsp3) is 0.500. The molecule has 1 aliphatic carbocycles. The molecule has 0 aromatic heterocycles. The third kappa shape index (κ3) is 3.73. The number of carbonyl (C=O) groups is 1. The molecule has 104 valence electrons. The molecule has 1 aromatic carbocycles. The largest absolute Gasteiger partial charge is 0.481 e. The molecule has 0 amide bonds. The molecular weight excluding hydrogens is 254 g/mol. The van der Waals surface area contributed by atoms with Crippen molar-refractivity contribution in [3.8, 4) is 0 Å². The van der Waals surface area contributed by atoms with Gasteiger partial charge in [-0.2, -0.15) is 0 Å². The van der Waals surface area contributed by atoms with Gasteiger partial charge in [0.2, 0.25) is 0 Å². The molecule has 2 rings (SSSR count). The summed E-state index contributed by atoms with van der Waals surface area (Å²) in [4.78, 5) is 10.8. The first-order chi connectivity index (χ1) is 9.06. The summed E-state index contributed by atoms with van der Waals surface area (Å²) in [7, 11) is 0. The number of ether oxygens (including phenoxy) is 1. The van der Waals surface area contributed by atoms with Crippen LogP contribution in [0.3, 0.4) is 0 Å². The van der Waals surface area contributed by atoms with E-state index in [-0.39, 0.29) is 18.6 Å². The van der Waals surface area contributed by atoms with Crippen molar-refractivity contribution in [2.75, 3.05) is 0 Å². The maximum Gasteiger partial charge on any atom is 0.306 e. The van der Waals surface area contributed by atoms with Crippen LogP contribution in [0.4, 0.5) is 8.78 Å². The Hall–Kier alpha value is -1.49. The Morgan fingerprint density at radius 3 is 2.47 bits per heavy atom. The maximum atomic E-state index is 13.0. The van der Waals surface area contributed by atoms with Gasteiger partial charge in [-0.1, -0.05) is 6.07 Å². The number of rotatable bonds is 4. The van der Waals surface area contributed by atoms with Gasteiger partial charge in [0.15, 0.2) is 11.6 Å². The highest BCUT2D eigenvalue weighted by Crippen LogP contribution is 2.27. The van der Waals surface area contributed by atoms with Gasteiger partial charge in [0.1, 0.15) is 0 Å². The molecule has 0 spiro atoms. The molecule has 0 radical (unpaired) electrons. The van der Waals surface area contributed by atoms with E-state index in [1.165, 1.54) is 6.07 Å². The van der Waals surface area contributed by atoms with Crippen LogP contribution >= 0.6 is 0 Å². The van der Waals surface area contributed by atoms with Crippen molar-refractivity contribution < 1.29 is 23.4 Å². The molecule has 0 aliphatic heterocycles. The van der Waals surface area contributed by atoms with Gasteiger partial charge >= 0.3 is 5.97 Å². The van der Waals surface area contributed by atoms with Crippen molar-refractivity contribution in [2.45, 2.75) is 38.4 Å².